The number of pyridine rings is 1. The summed E-state index contributed by atoms with van der Waals surface area (Å²) in [4.78, 5) is 20.4. The van der Waals surface area contributed by atoms with Crippen molar-refractivity contribution in [2.75, 3.05) is 27.2 Å². The second-order valence-electron chi connectivity index (χ2n) is 5.10. The number of aromatic nitrogens is 1. The molecule has 1 N–H and O–H groups in total. The lowest BCUT2D eigenvalue weighted by atomic mass is 10.2. The highest BCUT2D eigenvalue weighted by molar-refractivity contribution is 9.10. The van der Waals surface area contributed by atoms with E-state index in [1.807, 2.05) is 19.0 Å². The fourth-order valence-electron chi connectivity index (χ4n) is 2.41. The molecule has 0 aliphatic carbocycles. The summed E-state index contributed by atoms with van der Waals surface area (Å²) in [6.45, 7) is 1.12. The van der Waals surface area contributed by atoms with Gasteiger partial charge in [-0.15, -0.1) is 0 Å². The van der Waals surface area contributed by atoms with E-state index in [-0.39, 0.29) is 11.9 Å². The molecule has 1 aliphatic heterocycles. The fourth-order valence-corrected chi connectivity index (χ4v) is 2.84. The predicted octanol–water partition coefficient (Wildman–Crippen LogP) is 0.981. The van der Waals surface area contributed by atoms with Crippen molar-refractivity contribution in [3.8, 4) is 0 Å². The Morgan fingerprint density at radius 2 is 2.37 bits per heavy atom. The first-order chi connectivity index (χ1) is 8.99. The Bertz CT molecular complexity index is 467. The van der Waals surface area contributed by atoms with Crippen LogP contribution in [-0.4, -0.2) is 65.1 Å². The van der Waals surface area contributed by atoms with Crippen molar-refractivity contribution in [2.45, 2.75) is 18.6 Å². The fraction of sp³-hybridized carbons (Fsp3) is 0.538. The Labute approximate surface area is 121 Å². The highest BCUT2D eigenvalue weighted by Crippen LogP contribution is 2.23. The Morgan fingerprint density at radius 3 is 3.00 bits per heavy atom. The molecule has 0 bridgehead atoms. The minimum absolute atomic E-state index is 0.0337. The molecule has 2 atom stereocenters. The molecular formula is C13H18BrN3O2. The van der Waals surface area contributed by atoms with Crippen LogP contribution in [0.5, 0.6) is 0 Å². The van der Waals surface area contributed by atoms with Crippen LogP contribution < -0.4 is 0 Å². The zero-order valence-electron chi connectivity index (χ0n) is 11.1. The van der Waals surface area contributed by atoms with Gasteiger partial charge in [-0.1, -0.05) is 0 Å². The quantitative estimate of drug-likeness (QED) is 0.899. The third-order valence-corrected chi connectivity index (χ3v) is 3.83. The number of halogens is 1. The van der Waals surface area contributed by atoms with E-state index in [9.17, 15) is 9.90 Å². The first kappa shape index (κ1) is 14.4. The van der Waals surface area contributed by atoms with Crippen molar-refractivity contribution in [3.63, 3.8) is 0 Å². The molecule has 1 aliphatic rings. The maximum atomic E-state index is 12.5. The smallest absolute Gasteiger partial charge is 0.274 e. The van der Waals surface area contributed by atoms with Gasteiger partial charge < -0.3 is 14.9 Å². The monoisotopic (exact) mass is 327 g/mol. The maximum Gasteiger partial charge on any atom is 0.274 e. The number of hydrogen-bond acceptors (Lipinski definition) is 4. The van der Waals surface area contributed by atoms with Crippen molar-refractivity contribution >= 4 is 21.8 Å². The Morgan fingerprint density at radius 1 is 1.63 bits per heavy atom. The highest BCUT2D eigenvalue weighted by atomic mass is 79.9. The molecule has 1 aromatic heterocycles. The predicted molar refractivity (Wildman–Crippen MR) is 75.9 cm³/mol. The second-order valence-corrected chi connectivity index (χ2v) is 5.95. The zero-order valence-corrected chi connectivity index (χ0v) is 12.7. The summed E-state index contributed by atoms with van der Waals surface area (Å²) in [5.74, 6) is -0.129. The minimum Gasteiger partial charge on any atom is -0.391 e. The van der Waals surface area contributed by atoms with E-state index >= 15 is 0 Å². The Hall–Kier alpha value is -0.980. The maximum absolute atomic E-state index is 12.5. The summed E-state index contributed by atoms with van der Waals surface area (Å²) < 4.78 is 0.685. The van der Waals surface area contributed by atoms with Crippen molar-refractivity contribution < 1.29 is 9.90 Å². The number of carbonyl (C=O) groups excluding carboxylic acids is 1. The molecule has 0 spiro atoms. The van der Waals surface area contributed by atoms with E-state index in [2.05, 4.69) is 20.9 Å². The summed E-state index contributed by atoms with van der Waals surface area (Å²) in [7, 11) is 3.92. The molecule has 1 aromatic rings. The molecule has 6 heteroatoms. The molecule has 2 unspecified atom stereocenters. The van der Waals surface area contributed by atoms with Crippen LogP contribution in [-0.2, 0) is 0 Å². The van der Waals surface area contributed by atoms with Crippen LogP contribution in [0.1, 0.15) is 16.9 Å². The van der Waals surface area contributed by atoms with E-state index in [0.717, 1.165) is 6.54 Å². The number of likely N-dealkylation sites (tertiary alicyclic amines) is 1. The van der Waals surface area contributed by atoms with Crippen LogP contribution in [0.15, 0.2) is 22.8 Å². The molecule has 0 radical (unpaired) electrons. The van der Waals surface area contributed by atoms with E-state index in [1.165, 1.54) is 0 Å². The molecule has 2 heterocycles. The number of amides is 1. The van der Waals surface area contributed by atoms with Gasteiger partial charge in [-0.3, -0.25) is 4.79 Å². The van der Waals surface area contributed by atoms with Crippen LogP contribution in [0, 0.1) is 0 Å². The SMILES string of the molecule is CN(C)CC1CC(O)CN1C(=O)c1ncccc1Br. The number of aliphatic hydroxyl groups excluding tert-OH is 1. The first-order valence-corrected chi connectivity index (χ1v) is 7.02. The van der Waals surface area contributed by atoms with Crippen molar-refractivity contribution in [1.82, 2.24) is 14.8 Å². The normalized spacial score (nSPS) is 23.1. The lowest BCUT2D eigenvalue weighted by Crippen LogP contribution is -2.41. The van der Waals surface area contributed by atoms with Gasteiger partial charge >= 0.3 is 0 Å². The summed E-state index contributed by atoms with van der Waals surface area (Å²) >= 11 is 3.35. The number of carbonyl (C=O) groups is 1. The number of likely N-dealkylation sites (N-methyl/N-ethyl adjacent to an activating group) is 1. The number of β-amino-alcohol motifs (C(OH)–C–C–N with tert-alkyl or cyclic N) is 1. The number of hydrogen-bond donors (Lipinski definition) is 1. The Balaban J connectivity index is 2.19. The van der Waals surface area contributed by atoms with Crippen molar-refractivity contribution in [3.05, 3.63) is 28.5 Å². The van der Waals surface area contributed by atoms with Gasteiger partial charge in [0.1, 0.15) is 5.69 Å². The van der Waals surface area contributed by atoms with Crippen LogP contribution in [0.4, 0.5) is 0 Å². The van der Waals surface area contributed by atoms with E-state index in [4.69, 9.17) is 0 Å². The highest BCUT2D eigenvalue weighted by Gasteiger charge is 2.35. The summed E-state index contributed by atoms with van der Waals surface area (Å²) in [5.41, 5.74) is 0.403. The number of nitrogens with zero attached hydrogens (tertiary/aromatic N) is 3. The minimum atomic E-state index is -0.448. The standard InChI is InChI=1S/C13H18BrN3O2/c1-16(2)7-9-6-10(18)8-17(9)13(19)12-11(14)4-3-5-15-12/h3-5,9-10,18H,6-8H2,1-2H3. The van der Waals surface area contributed by atoms with E-state index in [0.29, 0.717) is 23.1 Å². The summed E-state index contributed by atoms with van der Waals surface area (Å²) in [5, 5.41) is 9.80. The van der Waals surface area contributed by atoms with Gasteiger partial charge in [0.15, 0.2) is 0 Å². The average Bonchev–Trinajstić information content (AvgIpc) is 2.69. The Kier molecular flexibility index (Phi) is 4.54. The second kappa shape index (κ2) is 5.98. The lowest BCUT2D eigenvalue weighted by Gasteiger charge is -2.26. The van der Waals surface area contributed by atoms with E-state index < -0.39 is 6.10 Å². The lowest BCUT2D eigenvalue weighted by molar-refractivity contribution is 0.0692. The first-order valence-electron chi connectivity index (χ1n) is 6.23. The zero-order chi connectivity index (χ0) is 14.0. The third-order valence-electron chi connectivity index (χ3n) is 3.19. The van der Waals surface area contributed by atoms with Crippen LogP contribution in [0.2, 0.25) is 0 Å². The molecule has 1 amide bonds. The number of rotatable bonds is 3. The van der Waals surface area contributed by atoms with E-state index in [1.54, 1.807) is 23.2 Å². The van der Waals surface area contributed by atoms with Gasteiger partial charge in [0.2, 0.25) is 0 Å². The molecule has 1 saturated heterocycles. The van der Waals surface area contributed by atoms with Crippen LogP contribution >= 0.6 is 15.9 Å². The van der Waals surface area contributed by atoms with Crippen molar-refractivity contribution in [2.24, 2.45) is 0 Å². The van der Waals surface area contributed by atoms with Gasteiger partial charge in [-0.25, -0.2) is 4.98 Å². The number of aliphatic hydroxyl groups is 1. The molecule has 0 aromatic carbocycles. The third kappa shape index (κ3) is 3.32. The van der Waals surface area contributed by atoms with Gasteiger partial charge in [-0.2, -0.15) is 0 Å². The molecule has 104 valence electrons. The topological polar surface area (TPSA) is 56.7 Å². The van der Waals surface area contributed by atoms with Crippen LogP contribution in [0.25, 0.3) is 0 Å². The molecule has 1 fully saturated rings. The van der Waals surface area contributed by atoms with Crippen LogP contribution in [0.3, 0.4) is 0 Å². The molecular weight excluding hydrogens is 310 g/mol. The summed E-state index contributed by atoms with van der Waals surface area (Å²) in [6.07, 6.45) is 1.77. The summed E-state index contributed by atoms with van der Waals surface area (Å²) in [6, 6.07) is 3.61. The van der Waals surface area contributed by atoms with Gasteiger partial charge in [0, 0.05) is 29.8 Å². The average molecular weight is 328 g/mol. The molecule has 5 nitrogen and oxygen atoms in total. The van der Waals surface area contributed by atoms with Crippen molar-refractivity contribution in [1.29, 1.82) is 0 Å². The largest absolute Gasteiger partial charge is 0.391 e. The molecule has 19 heavy (non-hydrogen) atoms. The molecule has 0 saturated carbocycles. The molecule has 2 rings (SSSR count). The van der Waals surface area contributed by atoms with Gasteiger partial charge in [-0.05, 0) is 48.6 Å². The van der Waals surface area contributed by atoms with Gasteiger partial charge in [0.05, 0.1) is 6.10 Å². The van der Waals surface area contributed by atoms with Gasteiger partial charge in [0.25, 0.3) is 5.91 Å².